The molecule has 2 rings (SSSR count). The number of nitrogens with two attached hydrogens (primary N) is 1. The monoisotopic (exact) mass is 211 g/mol. The molecule has 0 aliphatic carbocycles. The molecule has 1 saturated heterocycles. The van der Waals surface area contributed by atoms with Crippen molar-refractivity contribution in [3.05, 3.63) is 29.6 Å². The normalized spacial score (nSPS) is 15.8. The fourth-order valence-electron chi connectivity index (χ4n) is 1.25. The molecule has 0 amide bonds. The molecule has 0 spiro atoms. The smallest absolute Gasteiger partial charge is 0.343 e. The number of ether oxygens (including phenoxy) is 2. The highest BCUT2D eigenvalue weighted by molar-refractivity contribution is 5.95. The third-order valence-electron chi connectivity index (χ3n) is 2.13. The predicted molar refractivity (Wildman–Crippen MR) is 50.8 cm³/mol. The van der Waals surface area contributed by atoms with Crippen LogP contribution in [0.5, 0.6) is 0 Å². The average Bonchev–Trinajstić information content (AvgIpc) is 2.11. The zero-order valence-electron chi connectivity index (χ0n) is 7.90. The summed E-state index contributed by atoms with van der Waals surface area (Å²) in [6.07, 6.45) is -0.281. The largest absolute Gasteiger partial charge is 0.454 e. The molecular formula is C10H10FNO3. The average molecular weight is 211 g/mol. The van der Waals surface area contributed by atoms with Crippen LogP contribution in [0.1, 0.15) is 10.4 Å². The Hall–Kier alpha value is -1.62. The van der Waals surface area contributed by atoms with Crippen molar-refractivity contribution in [3.63, 3.8) is 0 Å². The molecule has 0 saturated carbocycles. The highest BCUT2D eigenvalue weighted by atomic mass is 19.1. The van der Waals surface area contributed by atoms with E-state index in [0.717, 1.165) is 0 Å². The van der Waals surface area contributed by atoms with Crippen molar-refractivity contribution in [1.82, 2.24) is 0 Å². The minimum atomic E-state index is -0.737. The Morgan fingerprint density at radius 1 is 1.53 bits per heavy atom. The number of esters is 1. The fourth-order valence-corrected chi connectivity index (χ4v) is 1.25. The van der Waals surface area contributed by atoms with Crippen molar-refractivity contribution >= 4 is 11.7 Å². The quantitative estimate of drug-likeness (QED) is 0.584. The van der Waals surface area contributed by atoms with Crippen LogP contribution in [0.2, 0.25) is 0 Å². The molecule has 1 aromatic carbocycles. The minimum Gasteiger partial charge on any atom is -0.454 e. The number of nitrogen functional groups attached to an aromatic ring is 1. The van der Waals surface area contributed by atoms with Crippen LogP contribution >= 0.6 is 0 Å². The number of anilines is 1. The van der Waals surface area contributed by atoms with Crippen molar-refractivity contribution < 1.29 is 18.7 Å². The highest BCUT2D eigenvalue weighted by Gasteiger charge is 2.25. The fraction of sp³-hybridized carbons (Fsp3) is 0.300. The van der Waals surface area contributed by atoms with Gasteiger partial charge in [-0.3, -0.25) is 0 Å². The molecule has 4 nitrogen and oxygen atoms in total. The summed E-state index contributed by atoms with van der Waals surface area (Å²) in [7, 11) is 0. The van der Waals surface area contributed by atoms with E-state index in [1.54, 1.807) is 0 Å². The van der Waals surface area contributed by atoms with Crippen LogP contribution in [-0.4, -0.2) is 25.3 Å². The van der Waals surface area contributed by atoms with Gasteiger partial charge in [0.15, 0.2) is 0 Å². The maximum absolute atomic E-state index is 13.3. The zero-order chi connectivity index (χ0) is 10.8. The van der Waals surface area contributed by atoms with E-state index >= 15 is 0 Å². The Balaban J connectivity index is 2.16. The molecule has 1 aliphatic rings. The Bertz CT molecular complexity index is 370. The molecular weight excluding hydrogens is 201 g/mol. The molecule has 0 radical (unpaired) electrons. The van der Waals surface area contributed by atoms with Gasteiger partial charge in [-0.1, -0.05) is 6.07 Å². The lowest BCUT2D eigenvalue weighted by atomic mass is 10.1. The first-order valence-electron chi connectivity index (χ1n) is 4.51. The number of carbonyl (C=O) groups excluding carboxylic acids is 1. The van der Waals surface area contributed by atoms with Crippen LogP contribution in [0.4, 0.5) is 10.1 Å². The summed E-state index contributed by atoms with van der Waals surface area (Å²) in [5.74, 6) is -1.40. The molecule has 0 bridgehead atoms. The molecule has 0 atom stereocenters. The Labute approximate surface area is 85.8 Å². The summed E-state index contributed by atoms with van der Waals surface area (Å²) in [6.45, 7) is 0.722. The second-order valence-electron chi connectivity index (χ2n) is 3.27. The van der Waals surface area contributed by atoms with Crippen molar-refractivity contribution in [1.29, 1.82) is 0 Å². The minimum absolute atomic E-state index is 0.0836. The number of benzene rings is 1. The standard InChI is InChI=1S/C10H10FNO3/c11-7-2-1-3-8(12)9(7)10(13)15-6-4-14-5-6/h1-3,6H,4-5,12H2. The first-order chi connectivity index (χ1) is 7.18. The van der Waals surface area contributed by atoms with Crippen molar-refractivity contribution in [2.24, 2.45) is 0 Å². The van der Waals surface area contributed by atoms with Gasteiger partial charge in [-0.05, 0) is 12.1 Å². The number of carbonyl (C=O) groups is 1. The summed E-state index contributed by atoms with van der Waals surface area (Å²) in [5, 5.41) is 0. The van der Waals surface area contributed by atoms with Crippen LogP contribution in [0.3, 0.4) is 0 Å². The van der Waals surface area contributed by atoms with Gasteiger partial charge in [-0.2, -0.15) is 0 Å². The van der Waals surface area contributed by atoms with Crippen molar-refractivity contribution in [2.75, 3.05) is 18.9 Å². The van der Waals surface area contributed by atoms with Crippen LogP contribution in [-0.2, 0) is 9.47 Å². The van der Waals surface area contributed by atoms with Crippen LogP contribution < -0.4 is 5.73 Å². The molecule has 0 aromatic heterocycles. The van der Waals surface area contributed by atoms with Gasteiger partial charge >= 0.3 is 5.97 Å². The number of hydrogen-bond donors (Lipinski definition) is 1. The van der Waals surface area contributed by atoms with E-state index in [1.807, 2.05) is 0 Å². The lowest BCUT2D eigenvalue weighted by molar-refractivity contribution is -0.103. The van der Waals surface area contributed by atoms with Gasteiger partial charge < -0.3 is 15.2 Å². The van der Waals surface area contributed by atoms with Gasteiger partial charge in [-0.15, -0.1) is 0 Å². The van der Waals surface area contributed by atoms with Gasteiger partial charge in [0, 0.05) is 5.69 Å². The summed E-state index contributed by atoms with van der Waals surface area (Å²) >= 11 is 0. The Morgan fingerprint density at radius 2 is 2.27 bits per heavy atom. The Morgan fingerprint density at radius 3 is 2.80 bits per heavy atom. The lowest BCUT2D eigenvalue weighted by Gasteiger charge is -2.25. The highest BCUT2D eigenvalue weighted by Crippen LogP contribution is 2.18. The molecule has 5 heteroatoms. The van der Waals surface area contributed by atoms with E-state index in [-0.39, 0.29) is 17.4 Å². The second kappa shape index (κ2) is 3.86. The van der Waals surface area contributed by atoms with Gasteiger partial charge in [0.05, 0.1) is 13.2 Å². The van der Waals surface area contributed by atoms with E-state index in [9.17, 15) is 9.18 Å². The molecule has 2 N–H and O–H groups in total. The van der Waals surface area contributed by atoms with Gasteiger partial charge in [-0.25, -0.2) is 9.18 Å². The molecule has 1 fully saturated rings. The Kier molecular flexibility index (Phi) is 2.55. The van der Waals surface area contributed by atoms with Gasteiger partial charge in [0.2, 0.25) is 0 Å². The molecule has 1 heterocycles. The van der Waals surface area contributed by atoms with E-state index in [2.05, 4.69) is 0 Å². The van der Waals surface area contributed by atoms with Gasteiger partial charge in [0.25, 0.3) is 0 Å². The van der Waals surface area contributed by atoms with Crippen molar-refractivity contribution in [3.8, 4) is 0 Å². The summed E-state index contributed by atoms with van der Waals surface area (Å²) in [5.41, 5.74) is 5.36. The summed E-state index contributed by atoms with van der Waals surface area (Å²) in [4.78, 5) is 11.5. The molecule has 1 aliphatic heterocycles. The number of halogens is 1. The molecule has 15 heavy (non-hydrogen) atoms. The topological polar surface area (TPSA) is 61.6 Å². The maximum Gasteiger partial charge on any atom is 0.343 e. The third kappa shape index (κ3) is 1.92. The second-order valence-corrected chi connectivity index (χ2v) is 3.27. The van der Waals surface area contributed by atoms with Crippen LogP contribution in [0.15, 0.2) is 18.2 Å². The number of hydrogen-bond acceptors (Lipinski definition) is 4. The van der Waals surface area contributed by atoms with E-state index < -0.39 is 11.8 Å². The molecule has 80 valence electrons. The van der Waals surface area contributed by atoms with E-state index in [4.69, 9.17) is 15.2 Å². The number of rotatable bonds is 2. The lowest BCUT2D eigenvalue weighted by Crippen LogP contribution is -2.38. The third-order valence-corrected chi connectivity index (χ3v) is 2.13. The van der Waals surface area contributed by atoms with Crippen molar-refractivity contribution in [2.45, 2.75) is 6.10 Å². The zero-order valence-corrected chi connectivity index (χ0v) is 7.90. The first-order valence-corrected chi connectivity index (χ1v) is 4.51. The van der Waals surface area contributed by atoms with Crippen LogP contribution in [0, 0.1) is 5.82 Å². The predicted octanol–water partition coefficient (Wildman–Crippen LogP) is 0.964. The SMILES string of the molecule is Nc1cccc(F)c1C(=O)OC1COC1. The first kappa shape index (κ1) is 9.92. The summed E-state index contributed by atoms with van der Waals surface area (Å²) in [6, 6.07) is 4.06. The van der Waals surface area contributed by atoms with Crippen LogP contribution in [0.25, 0.3) is 0 Å². The van der Waals surface area contributed by atoms with E-state index in [0.29, 0.717) is 13.2 Å². The maximum atomic E-state index is 13.3. The summed E-state index contributed by atoms with van der Waals surface area (Å²) < 4.78 is 23.0. The molecule has 1 aromatic rings. The van der Waals surface area contributed by atoms with Gasteiger partial charge in [0.1, 0.15) is 17.5 Å². The molecule has 0 unspecified atom stereocenters. The van der Waals surface area contributed by atoms with E-state index in [1.165, 1.54) is 18.2 Å².